The summed E-state index contributed by atoms with van der Waals surface area (Å²) in [5.41, 5.74) is 3.57. The van der Waals surface area contributed by atoms with Crippen molar-refractivity contribution >= 4 is 17.7 Å². The van der Waals surface area contributed by atoms with Crippen LogP contribution in [0.4, 0.5) is 5.69 Å². The molecule has 0 radical (unpaired) electrons. The zero-order valence-corrected chi connectivity index (χ0v) is 14.1. The van der Waals surface area contributed by atoms with E-state index in [0.29, 0.717) is 18.0 Å². The maximum Gasteiger partial charge on any atom is 0.266 e. The summed E-state index contributed by atoms with van der Waals surface area (Å²) in [5.74, 6) is 0.282. The lowest BCUT2D eigenvalue weighted by Gasteiger charge is -2.09. The number of ether oxygens (including phenoxy) is 1. The molecule has 0 saturated carbocycles. The fraction of sp³-hybridized carbons (Fsp3) is 0.200. The van der Waals surface area contributed by atoms with Crippen molar-refractivity contribution in [2.45, 2.75) is 20.8 Å². The zero-order chi connectivity index (χ0) is 17.5. The Balaban J connectivity index is 2.22. The standard InChI is InChI=1S/C20H20N2O2/c1-4-24-18-7-5-6-16(12-18)11-17(13-21)20(23)22-19-9-8-14(2)10-15(19)3/h5-12H,4H2,1-3H3,(H,22,23)/b17-11+. The summed E-state index contributed by atoms with van der Waals surface area (Å²) in [6.07, 6.45) is 1.56. The first kappa shape index (κ1) is 17.3. The number of benzene rings is 2. The van der Waals surface area contributed by atoms with Crippen molar-refractivity contribution in [3.8, 4) is 11.8 Å². The summed E-state index contributed by atoms with van der Waals surface area (Å²) < 4.78 is 5.43. The second-order valence-corrected chi connectivity index (χ2v) is 5.45. The third-order valence-electron chi connectivity index (χ3n) is 3.48. The van der Waals surface area contributed by atoms with Crippen LogP contribution in [-0.4, -0.2) is 12.5 Å². The van der Waals surface area contributed by atoms with Crippen LogP contribution in [0.2, 0.25) is 0 Å². The highest BCUT2D eigenvalue weighted by atomic mass is 16.5. The summed E-state index contributed by atoms with van der Waals surface area (Å²) in [7, 11) is 0. The van der Waals surface area contributed by atoms with E-state index >= 15 is 0 Å². The van der Waals surface area contributed by atoms with Crippen molar-refractivity contribution < 1.29 is 9.53 Å². The van der Waals surface area contributed by atoms with Crippen LogP contribution < -0.4 is 10.1 Å². The van der Waals surface area contributed by atoms with Crippen LogP contribution in [-0.2, 0) is 4.79 Å². The van der Waals surface area contributed by atoms with Crippen LogP contribution in [0.1, 0.15) is 23.6 Å². The first-order valence-corrected chi connectivity index (χ1v) is 7.76. The van der Waals surface area contributed by atoms with Gasteiger partial charge < -0.3 is 10.1 Å². The molecular weight excluding hydrogens is 300 g/mol. The van der Waals surface area contributed by atoms with Crippen molar-refractivity contribution in [3.63, 3.8) is 0 Å². The lowest BCUT2D eigenvalue weighted by atomic mass is 10.1. The molecule has 2 aromatic carbocycles. The van der Waals surface area contributed by atoms with Crippen LogP contribution in [0, 0.1) is 25.2 Å². The van der Waals surface area contributed by atoms with Crippen LogP contribution >= 0.6 is 0 Å². The number of hydrogen-bond donors (Lipinski definition) is 1. The second-order valence-electron chi connectivity index (χ2n) is 5.45. The summed E-state index contributed by atoms with van der Waals surface area (Å²) in [6, 6.07) is 15.0. The number of nitriles is 1. The number of nitrogens with one attached hydrogen (secondary N) is 1. The Labute approximate surface area is 142 Å². The molecule has 0 aliphatic rings. The van der Waals surface area contributed by atoms with Gasteiger partial charge >= 0.3 is 0 Å². The molecule has 0 heterocycles. The van der Waals surface area contributed by atoms with E-state index in [9.17, 15) is 10.1 Å². The topological polar surface area (TPSA) is 62.1 Å². The van der Waals surface area contributed by atoms with Gasteiger partial charge in [0.15, 0.2) is 0 Å². The maximum atomic E-state index is 12.4. The van der Waals surface area contributed by atoms with Gasteiger partial charge in [0.05, 0.1) is 6.61 Å². The van der Waals surface area contributed by atoms with E-state index in [0.717, 1.165) is 16.7 Å². The number of anilines is 1. The monoisotopic (exact) mass is 320 g/mol. The minimum Gasteiger partial charge on any atom is -0.494 e. The number of hydrogen-bond acceptors (Lipinski definition) is 3. The lowest BCUT2D eigenvalue weighted by Crippen LogP contribution is -2.14. The number of aryl methyl sites for hydroxylation is 2. The SMILES string of the molecule is CCOc1cccc(/C=C(\C#N)C(=O)Nc2ccc(C)cc2C)c1. The summed E-state index contributed by atoms with van der Waals surface area (Å²) in [6.45, 7) is 6.38. The molecule has 0 aromatic heterocycles. The molecule has 0 atom stereocenters. The average molecular weight is 320 g/mol. The van der Waals surface area contributed by atoms with Crippen LogP contribution in [0.5, 0.6) is 5.75 Å². The van der Waals surface area contributed by atoms with Crippen molar-refractivity contribution in [2.75, 3.05) is 11.9 Å². The van der Waals surface area contributed by atoms with Gasteiger partial charge in [0.2, 0.25) is 0 Å². The van der Waals surface area contributed by atoms with Gasteiger partial charge in [-0.05, 0) is 56.2 Å². The van der Waals surface area contributed by atoms with Crippen molar-refractivity contribution in [1.29, 1.82) is 5.26 Å². The molecule has 2 aromatic rings. The Morgan fingerprint density at radius 2 is 2.04 bits per heavy atom. The first-order valence-electron chi connectivity index (χ1n) is 7.76. The van der Waals surface area contributed by atoms with Gasteiger partial charge in [0.25, 0.3) is 5.91 Å². The number of carbonyl (C=O) groups is 1. The van der Waals surface area contributed by atoms with Crippen molar-refractivity contribution in [3.05, 3.63) is 64.7 Å². The Morgan fingerprint density at radius 1 is 1.25 bits per heavy atom. The molecule has 1 N–H and O–H groups in total. The van der Waals surface area contributed by atoms with Gasteiger partial charge in [-0.15, -0.1) is 0 Å². The molecule has 4 heteroatoms. The number of nitrogens with zero attached hydrogens (tertiary/aromatic N) is 1. The molecule has 0 spiro atoms. The molecule has 0 unspecified atom stereocenters. The predicted molar refractivity (Wildman–Crippen MR) is 95.7 cm³/mol. The minimum absolute atomic E-state index is 0.0450. The molecule has 0 aliphatic carbocycles. The second kappa shape index (κ2) is 7.98. The van der Waals surface area contributed by atoms with Gasteiger partial charge in [0.1, 0.15) is 17.4 Å². The molecule has 24 heavy (non-hydrogen) atoms. The zero-order valence-electron chi connectivity index (χ0n) is 14.1. The molecule has 0 aliphatic heterocycles. The van der Waals surface area contributed by atoms with E-state index in [2.05, 4.69) is 5.32 Å². The van der Waals surface area contributed by atoms with Crippen molar-refractivity contribution in [1.82, 2.24) is 0 Å². The Bertz CT molecular complexity index is 817. The number of rotatable bonds is 5. The average Bonchev–Trinajstić information content (AvgIpc) is 2.56. The predicted octanol–water partition coefficient (Wildman–Crippen LogP) is 4.25. The van der Waals surface area contributed by atoms with Crippen LogP contribution in [0.25, 0.3) is 6.08 Å². The highest BCUT2D eigenvalue weighted by Crippen LogP contribution is 2.19. The van der Waals surface area contributed by atoms with Gasteiger partial charge in [-0.1, -0.05) is 29.8 Å². The molecular formula is C20H20N2O2. The third-order valence-corrected chi connectivity index (χ3v) is 3.48. The lowest BCUT2D eigenvalue weighted by molar-refractivity contribution is -0.112. The van der Waals surface area contributed by atoms with E-state index in [1.807, 2.05) is 63.2 Å². The molecule has 1 amide bonds. The van der Waals surface area contributed by atoms with E-state index in [1.54, 1.807) is 12.1 Å². The fourth-order valence-corrected chi connectivity index (χ4v) is 2.32. The smallest absolute Gasteiger partial charge is 0.266 e. The molecule has 2 rings (SSSR count). The van der Waals surface area contributed by atoms with E-state index in [-0.39, 0.29) is 5.57 Å². The summed E-state index contributed by atoms with van der Waals surface area (Å²) in [5, 5.41) is 12.1. The highest BCUT2D eigenvalue weighted by molar-refractivity contribution is 6.10. The Morgan fingerprint density at radius 3 is 2.71 bits per heavy atom. The van der Waals surface area contributed by atoms with E-state index in [4.69, 9.17) is 4.74 Å². The van der Waals surface area contributed by atoms with Gasteiger partial charge in [-0.2, -0.15) is 5.26 Å². The number of amides is 1. The fourth-order valence-electron chi connectivity index (χ4n) is 2.32. The largest absolute Gasteiger partial charge is 0.494 e. The molecule has 0 fully saturated rings. The van der Waals surface area contributed by atoms with E-state index < -0.39 is 5.91 Å². The molecule has 122 valence electrons. The number of carbonyl (C=O) groups excluding carboxylic acids is 1. The van der Waals surface area contributed by atoms with Crippen LogP contribution in [0.3, 0.4) is 0 Å². The summed E-state index contributed by atoms with van der Waals surface area (Å²) in [4.78, 5) is 12.4. The normalized spacial score (nSPS) is 10.8. The maximum absolute atomic E-state index is 12.4. The molecule has 0 saturated heterocycles. The molecule has 0 bridgehead atoms. The third kappa shape index (κ3) is 4.47. The Kier molecular flexibility index (Phi) is 5.75. The first-order chi connectivity index (χ1) is 11.5. The summed E-state index contributed by atoms with van der Waals surface area (Å²) >= 11 is 0. The van der Waals surface area contributed by atoms with Gasteiger partial charge in [0, 0.05) is 5.69 Å². The van der Waals surface area contributed by atoms with Crippen molar-refractivity contribution in [2.24, 2.45) is 0 Å². The van der Waals surface area contributed by atoms with Gasteiger partial charge in [-0.25, -0.2) is 0 Å². The molecule has 4 nitrogen and oxygen atoms in total. The van der Waals surface area contributed by atoms with Gasteiger partial charge in [-0.3, -0.25) is 4.79 Å². The Hall–Kier alpha value is -3.06. The minimum atomic E-state index is -0.425. The highest BCUT2D eigenvalue weighted by Gasteiger charge is 2.11. The van der Waals surface area contributed by atoms with Crippen LogP contribution in [0.15, 0.2) is 48.0 Å². The van der Waals surface area contributed by atoms with E-state index in [1.165, 1.54) is 0 Å². The quantitative estimate of drug-likeness (QED) is 0.662.